The van der Waals surface area contributed by atoms with Crippen LogP contribution in [0.25, 0.3) is 0 Å². The highest BCUT2D eigenvalue weighted by Gasteiger charge is 2.15. The summed E-state index contributed by atoms with van der Waals surface area (Å²) < 4.78 is 5.19. The predicted octanol–water partition coefficient (Wildman–Crippen LogP) is 1.64. The second-order valence-electron chi connectivity index (χ2n) is 5.43. The van der Waals surface area contributed by atoms with Crippen molar-refractivity contribution in [1.29, 1.82) is 0 Å². The van der Waals surface area contributed by atoms with E-state index < -0.39 is 0 Å². The molecule has 0 aliphatic carbocycles. The Kier molecular flexibility index (Phi) is 8.76. The SMILES string of the molecule is CNCCCNC(C)CCNC(=O)c1cc(Cl)c(N)cc1OC. The van der Waals surface area contributed by atoms with Gasteiger partial charge < -0.3 is 26.4 Å². The van der Waals surface area contributed by atoms with Crippen LogP contribution < -0.4 is 26.4 Å². The number of nitrogens with two attached hydrogens (primary N) is 1. The van der Waals surface area contributed by atoms with Gasteiger partial charge in [0.1, 0.15) is 5.75 Å². The zero-order chi connectivity index (χ0) is 17.2. The number of rotatable bonds is 10. The summed E-state index contributed by atoms with van der Waals surface area (Å²) in [4.78, 5) is 12.2. The summed E-state index contributed by atoms with van der Waals surface area (Å²) in [6, 6.07) is 3.43. The number of carbonyl (C=O) groups is 1. The summed E-state index contributed by atoms with van der Waals surface area (Å²) in [6.07, 6.45) is 1.92. The highest BCUT2D eigenvalue weighted by Crippen LogP contribution is 2.28. The number of anilines is 1. The molecule has 0 radical (unpaired) electrons. The third-order valence-corrected chi connectivity index (χ3v) is 3.85. The fourth-order valence-electron chi connectivity index (χ4n) is 2.13. The monoisotopic (exact) mass is 342 g/mol. The number of ether oxygens (including phenoxy) is 1. The molecule has 6 nitrogen and oxygen atoms in total. The van der Waals surface area contributed by atoms with Crippen molar-refractivity contribution in [1.82, 2.24) is 16.0 Å². The molecule has 130 valence electrons. The minimum atomic E-state index is -0.217. The van der Waals surface area contributed by atoms with E-state index in [2.05, 4.69) is 22.9 Å². The van der Waals surface area contributed by atoms with Crippen LogP contribution in [0.4, 0.5) is 5.69 Å². The molecule has 23 heavy (non-hydrogen) atoms. The van der Waals surface area contributed by atoms with Gasteiger partial charge in [0, 0.05) is 18.7 Å². The first kappa shape index (κ1) is 19.5. The smallest absolute Gasteiger partial charge is 0.255 e. The molecule has 0 saturated heterocycles. The lowest BCUT2D eigenvalue weighted by Gasteiger charge is -2.15. The van der Waals surface area contributed by atoms with Crippen molar-refractivity contribution in [2.75, 3.05) is 39.5 Å². The van der Waals surface area contributed by atoms with Gasteiger partial charge in [0.25, 0.3) is 5.91 Å². The molecule has 1 atom stereocenters. The van der Waals surface area contributed by atoms with Gasteiger partial charge in [0.15, 0.2) is 0 Å². The molecule has 1 rings (SSSR count). The summed E-state index contributed by atoms with van der Waals surface area (Å²) in [5.41, 5.74) is 6.50. The van der Waals surface area contributed by atoms with E-state index in [4.69, 9.17) is 22.1 Å². The topological polar surface area (TPSA) is 88.4 Å². The maximum atomic E-state index is 12.2. The molecule has 0 heterocycles. The van der Waals surface area contributed by atoms with Gasteiger partial charge in [-0.15, -0.1) is 0 Å². The first-order valence-corrected chi connectivity index (χ1v) is 8.16. The van der Waals surface area contributed by atoms with Crippen molar-refractivity contribution >= 4 is 23.2 Å². The Bertz CT molecular complexity index is 511. The molecule has 0 aromatic heterocycles. The Hall–Kier alpha value is -1.50. The predicted molar refractivity (Wildman–Crippen MR) is 95.4 cm³/mol. The van der Waals surface area contributed by atoms with Gasteiger partial charge in [-0.1, -0.05) is 11.6 Å². The fourth-order valence-corrected chi connectivity index (χ4v) is 2.29. The average molecular weight is 343 g/mol. The first-order chi connectivity index (χ1) is 11.0. The fraction of sp³-hybridized carbons (Fsp3) is 0.562. The second-order valence-corrected chi connectivity index (χ2v) is 5.84. The highest BCUT2D eigenvalue weighted by atomic mass is 35.5. The van der Waals surface area contributed by atoms with Crippen LogP contribution in [0, 0.1) is 0 Å². The van der Waals surface area contributed by atoms with Crippen molar-refractivity contribution in [3.63, 3.8) is 0 Å². The normalized spacial score (nSPS) is 12.0. The average Bonchev–Trinajstić information content (AvgIpc) is 2.53. The van der Waals surface area contributed by atoms with Crippen LogP contribution in [0.3, 0.4) is 0 Å². The quantitative estimate of drug-likeness (QED) is 0.383. The van der Waals surface area contributed by atoms with Crippen LogP contribution in [0.5, 0.6) is 5.75 Å². The minimum Gasteiger partial charge on any atom is -0.496 e. The van der Waals surface area contributed by atoms with E-state index in [-0.39, 0.29) is 5.91 Å². The molecule has 0 bridgehead atoms. The number of benzene rings is 1. The lowest BCUT2D eigenvalue weighted by Crippen LogP contribution is -2.33. The van der Waals surface area contributed by atoms with Crippen molar-refractivity contribution in [2.24, 2.45) is 0 Å². The van der Waals surface area contributed by atoms with Crippen LogP contribution in [-0.2, 0) is 0 Å². The lowest BCUT2D eigenvalue weighted by molar-refractivity contribution is 0.0949. The summed E-state index contributed by atoms with van der Waals surface area (Å²) in [5, 5.41) is 9.75. The Morgan fingerprint density at radius 3 is 2.74 bits per heavy atom. The van der Waals surface area contributed by atoms with Crippen molar-refractivity contribution < 1.29 is 9.53 Å². The van der Waals surface area contributed by atoms with Gasteiger partial charge >= 0.3 is 0 Å². The molecule has 1 aromatic rings. The largest absolute Gasteiger partial charge is 0.496 e. The van der Waals surface area contributed by atoms with E-state index in [1.165, 1.54) is 13.2 Å². The van der Waals surface area contributed by atoms with Gasteiger partial charge in [-0.05, 0) is 46.0 Å². The number of amides is 1. The molecule has 7 heteroatoms. The number of hydrogen-bond donors (Lipinski definition) is 4. The van der Waals surface area contributed by atoms with Gasteiger partial charge in [-0.25, -0.2) is 0 Å². The van der Waals surface area contributed by atoms with Crippen molar-refractivity contribution in [3.05, 3.63) is 22.7 Å². The molecule has 0 fully saturated rings. The number of hydrogen-bond acceptors (Lipinski definition) is 5. The summed E-state index contributed by atoms with van der Waals surface area (Å²) in [7, 11) is 3.44. The van der Waals surface area contributed by atoms with Crippen LogP contribution >= 0.6 is 11.6 Å². The van der Waals surface area contributed by atoms with E-state index in [0.717, 1.165) is 25.9 Å². The minimum absolute atomic E-state index is 0.217. The van der Waals surface area contributed by atoms with E-state index in [9.17, 15) is 4.79 Å². The second kappa shape index (κ2) is 10.3. The third-order valence-electron chi connectivity index (χ3n) is 3.52. The molecule has 0 aliphatic heterocycles. The third kappa shape index (κ3) is 6.64. The van der Waals surface area contributed by atoms with E-state index >= 15 is 0 Å². The molecule has 0 spiro atoms. The zero-order valence-electron chi connectivity index (χ0n) is 14.0. The Labute approximate surface area is 143 Å². The maximum Gasteiger partial charge on any atom is 0.255 e. The number of nitrogen functional groups attached to an aromatic ring is 1. The van der Waals surface area contributed by atoms with E-state index in [1.54, 1.807) is 6.07 Å². The Morgan fingerprint density at radius 2 is 2.09 bits per heavy atom. The molecule has 0 aliphatic rings. The molecular weight excluding hydrogens is 316 g/mol. The zero-order valence-corrected chi connectivity index (χ0v) is 14.8. The van der Waals surface area contributed by atoms with Gasteiger partial charge in [0.05, 0.1) is 23.4 Å². The van der Waals surface area contributed by atoms with Gasteiger partial charge in [-0.2, -0.15) is 0 Å². The lowest BCUT2D eigenvalue weighted by atomic mass is 10.1. The van der Waals surface area contributed by atoms with Crippen LogP contribution in [-0.4, -0.2) is 45.7 Å². The van der Waals surface area contributed by atoms with Crippen molar-refractivity contribution in [2.45, 2.75) is 25.8 Å². The number of halogens is 1. The highest BCUT2D eigenvalue weighted by molar-refractivity contribution is 6.33. The van der Waals surface area contributed by atoms with Crippen LogP contribution in [0.1, 0.15) is 30.1 Å². The van der Waals surface area contributed by atoms with Crippen LogP contribution in [0.2, 0.25) is 5.02 Å². The number of nitrogens with one attached hydrogen (secondary N) is 3. The Morgan fingerprint density at radius 1 is 1.35 bits per heavy atom. The number of methoxy groups -OCH3 is 1. The molecule has 1 aromatic carbocycles. The van der Waals surface area contributed by atoms with E-state index in [0.29, 0.717) is 34.6 Å². The molecule has 1 amide bonds. The van der Waals surface area contributed by atoms with Crippen molar-refractivity contribution in [3.8, 4) is 5.75 Å². The van der Waals surface area contributed by atoms with E-state index in [1.807, 2.05) is 7.05 Å². The molecule has 0 saturated carbocycles. The summed E-state index contributed by atoms with van der Waals surface area (Å²) in [5.74, 6) is 0.203. The molecule has 5 N–H and O–H groups in total. The maximum absolute atomic E-state index is 12.2. The number of carbonyl (C=O) groups excluding carboxylic acids is 1. The standard InChI is InChI=1S/C16H27ClN4O2/c1-11(20-7-4-6-19-2)5-8-21-16(22)12-9-13(17)14(18)10-15(12)23-3/h9-11,19-20H,4-8,18H2,1-3H3,(H,21,22). The Balaban J connectivity index is 2.43. The summed E-state index contributed by atoms with van der Waals surface area (Å²) in [6.45, 7) is 4.63. The first-order valence-electron chi connectivity index (χ1n) is 7.78. The molecular formula is C16H27ClN4O2. The van der Waals surface area contributed by atoms with Gasteiger partial charge in [-0.3, -0.25) is 4.79 Å². The van der Waals surface area contributed by atoms with Gasteiger partial charge in [0.2, 0.25) is 0 Å². The molecule has 1 unspecified atom stereocenters. The summed E-state index contributed by atoms with van der Waals surface area (Å²) >= 11 is 5.98. The van der Waals surface area contributed by atoms with Crippen LogP contribution in [0.15, 0.2) is 12.1 Å².